The van der Waals surface area contributed by atoms with E-state index >= 15 is 0 Å². The monoisotopic (exact) mass is 157 g/mol. The first-order valence-corrected chi connectivity index (χ1v) is 3.29. The van der Waals surface area contributed by atoms with Gasteiger partial charge >= 0.3 is 5.97 Å². The summed E-state index contributed by atoms with van der Waals surface area (Å²) in [6, 6.07) is 0. The number of nitrogens with one attached hydrogen (secondary N) is 1. The second kappa shape index (κ2) is 5.46. The lowest BCUT2D eigenvalue weighted by Gasteiger charge is -1.96. The Hall–Kier alpha value is -1.32. The van der Waals surface area contributed by atoms with Gasteiger partial charge in [-0.2, -0.15) is 0 Å². The summed E-state index contributed by atoms with van der Waals surface area (Å²) in [4.78, 5) is 20.6. The quantitative estimate of drug-likeness (QED) is 0.571. The molecule has 0 aromatic heterocycles. The van der Waals surface area contributed by atoms with E-state index in [1.54, 1.807) is 13.0 Å². The number of carbonyl (C=O) groups is 2. The van der Waals surface area contributed by atoms with Gasteiger partial charge in [0.25, 0.3) is 0 Å². The molecule has 0 fully saturated rings. The van der Waals surface area contributed by atoms with Crippen LogP contribution in [0.3, 0.4) is 0 Å². The van der Waals surface area contributed by atoms with Gasteiger partial charge in [-0.15, -0.1) is 0 Å². The molecule has 0 aliphatic rings. The highest BCUT2D eigenvalue weighted by molar-refractivity contribution is 5.87. The molecule has 4 heteroatoms. The number of aliphatic carboxylic acids is 1. The maximum absolute atomic E-state index is 10.6. The van der Waals surface area contributed by atoms with Crippen LogP contribution in [-0.4, -0.2) is 23.5 Å². The molecule has 0 aromatic carbocycles. The molecule has 11 heavy (non-hydrogen) atoms. The van der Waals surface area contributed by atoms with Crippen LogP contribution in [0.4, 0.5) is 0 Å². The number of carboxylic acid groups (broad SMARTS) is 1. The minimum Gasteiger partial charge on any atom is -0.481 e. The molecule has 0 aliphatic carbocycles. The van der Waals surface area contributed by atoms with Gasteiger partial charge in [0.15, 0.2) is 0 Å². The number of carboxylic acids is 1. The van der Waals surface area contributed by atoms with E-state index in [1.165, 1.54) is 6.08 Å². The van der Waals surface area contributed by atoms with Gasteiger partial charge in [-0.1, -0.05) is 6.08 Å². The largest absolute Gasteiger partial charge is 0.481 e. The second-order valence-electron chi connectivity index (χ2n) is 1.93. The van der Waals surface area contributed by atoms with Crippen molar-refractivity contribution in [1.29, 1.82) is 0 Å². The molecule has 0 rings (SSSR count). The van der Waals surface area contributed by atoms with Crippen molar-refractivity contribution in [3.63, 3.8) is 0 Å². The molecule has 4 nitrogen and oxygen atoms in total. The van der Waals surface area contributed by atoms with Gasteiger partial charge < -0.3 is 10.4 Å². The lowest BCUT2D eigenvalue weighted by molar-refractivity contribution is -0.136. The van der Waals surface area contributed by atoms with Gasteiger partial charge in [-0.05, 0) is 13.0 Å². The summed E-state index contributed by atoms with van der Waals surface area (Å²) in [5, 5.41) is 10.6. The standard InChI is InChI=1S/C7H11NO3/c1-2-3-6(9)8-5-4-7(10)11/h2-3H,4-5H2,1H3,(H,8,9)(H,10,11). The Bertz CT molecular complexity index is 175. The highest BCUT2D eigenvalue weighted by Crippen LogP contribution is 1.76. The first-order chi connectivity index (χ1) is 5.16. The Morgan fingerprint density at radius 3 is 2.64 bits per heavy atom. The molecule has 62 valence electrons. The molecular weight excluding hydrogens is 146 g/mol. The third-order valence-electron chi connectivity index (χ3n) is 0.956. The summed E-state index contributed by atoms with van der Waals surface area (Å²) >= 11 is 0. The summed E-state index contributed by atoms with van der Waals surface area (Å²) in [5.41, 5.74) is 0. The minimum atomic E-state index is -0.911. The zero-order valence-electron chi connectivity index (χ0n) is 6.33. The molecule has 0 unspecified atom stereocenters. The lowest BCUT2D eigenvalue weighted by atomic mass is 10.4. The van der Waals surface area contributed by atoms with Crippen molar-refractivity contribution >= 4 is 11.9 Å². The average Bonchev–Trinajstić information content (AvgIpc) is 1.87. The average molecular weight is 157 g/mol. The Balaban J connectivity index is 3.39. The topological polar surface area (TPSA) is 66.4 Å². The van der Waals surface area contributed by atoms with E-state index in [1.807, 2.05) is 0 Å². The summed E-state index contributed by atoms with van der Waals surface area (Å²) in [6.07, 6.45) is 2.90. The van der Waals surface area contributed by atoms with Crippen molar-refractivity contribution in [2.45, 2.75) is 13.3 Å². The van der Waals surface area contributed by atoms with Gasteiger partial charge in [0.1, 0.15) is 0 Å². The molecule has 0 heterocycles. The third-order valence-corrected chi connectivity index (χ3v) is 0.956. The van der Waals surface area contributed by atoms with E-state index in [9.17, 15) is 9.59 Å². The molecular formula is C7H11NO3. The van der Waals surface area contributed by atoms with Gasteiger partial charge in [0.05, 0.1) is 6.42 Å². The molecule has 0 atom stereocenters. The zero-order chi connectivity index (χ0) is 8.69. The highest BCUT2D eigenvalue weighted by atomic mass is 16.4. The van der Waals surface area contributed by atoms with E-state index in [2.05, 4.69) is 5.32 Å². The molecule has 2 N–H and O–H groups in total. The van der Waals surface area contributed by atoms with Crippen molar-refractivity contribution in [3.05, 3.63) is 12.2 Å². The molecule has 0 saturated carbocycles. The van der Waals surface area contributed by atoms with Crippen LogP contribution < -0.4 is 5.32 Å². The SMILES string of the molecule is CC=CC(=O)NCCC(=O)O. The molecule has 0 aromatic rings. The van der Waals surface area contributed by atoms with Gasteiger partial charge in [-0.3, -0.25) is 9.59 Å². The first kappa shape index (κ1) is 9.68. The van der Waals surface area contributed by atoms with E-state index in [-0.39, 0.29) is 18.9 Å². The minimum absolute atomic E-state index is 0.0384. The van der Waals surface area contributed by atoms with E-state index in [0.717, 1.165) is 0 Å². The van der Waals surface area contributed by atoms with Crippen molar-refractivity contribution in [2.75, 3.05) is 6.54 Å². The number of hydrogen-bond acceptors (Lipinski definition) is 2. The van der Waals surface area contributed by atoms with Crippen LogP contribution in [0.5, 0.6) is 0 Å². The fourth-order valence-electron chi connectivity index (χ4n) is 0.503. The molecule has 0 spiro atoms. The molecule has 0 aliphatic heterocycles. The maximum atomic E-state index is 10.6. The fraction of sp³-hybridized carbons (Fsp3) is 0.429. The smallest absolute Gasteiger partial charge is 0.305 e. The molecule has 0 bridgehead atoms. The number of hydrogen-bond donors (Lipinski definition) is 2. The summed E-state index contributed by atoms with van der Waals surface area (Å²) < 4.78 is 0. The van der Waals surface area contributed by atoms with Crippen molar-refractivity contribution in [3.8, 4) is 0 Å². The van der Waals surface area contributed by atoms with Crippen LogP contribution in [0.25, 0.3) is 0 Å². The van der Waals surface area contributed by atoms with Crippen LogP contribution >= 0.6 is 0 Å². The normalized spacial score (nSPS) is 9.91. The van der Waals surface area contributed by atoms with Gasteiger partial charge in [0, 0.05) is 6.54 Å². The molecule has 0 saturated heterocycles. The van der Waals surface area contributed by atoms with Crippen molar-refractivity contribution in [2.24, 2.45) is 0 Å². The number of amides is 1. The van der Waals surface area contributed by atoms with Gasteiger partial charge in [0.2, 0.25) is 5.91 Å². The van der Waals surface area contributed by atoms with Crippen LogP contribution in [0.1, 0.15) is 13.3 Å². The Kier molecular flexibility index (Phi) is 4.81. The first-order valence-electron chi connectivity index (χ1n) is 3.29. The molecule has 0 radical (unpaired) electrons. The van der Waals surface area contributed by atoms with E-state index in [0.29, 0.717) is 0 Å². The third kappa shape index (κ3) is 6.57. The number of allylic oxidation sites excluding steroid dienone is 1. The van der Waals surface area contributed by atoms with Crippen LogP contribution in [-0.2, 0) is 9.59 Å². The zero-order valence-corrected chi connectivity index (χ0v) is 6.33. The Morgan fingerprint density at radius 1 is 1.55 bits per heavy atom. The molecule has 1 amide bonds. The van der Waals surface area contributed by atoms with Crippen LogP contribution in [0.2, 0.25) is 0 Å². The fourth-order valence-corrected chi connectivity index (χ4v) is 0.503. The van der Waals surface area contributed by atoms with Crippen molar-refractivity contribution in [1.82, 2.24) is 5.32 Å². The summed E-state index contributed by atoms with van der Waals surface area (Å²) in [5.74, 6) is -1.17. The number of rotatable bonds is 4. The maximum Gasteiger partial charge on any atom is 0.305 e. The Labute approximate surface area is 64.9 Å². The summed E-state index contributed by atoms with van der Waals surface area (Å²) in [7, 11) is 0. The summed E-state index contributed by atoms with van der Waals surface area (Å²) in [6.45, 7) is 1.90. The van der Waals surface area contributed by atoms with Crippen LogP contribution in [0.15, 0.2) is 12.2 Å². The predicted octanol–water partition coefficient (Wildman–Crippen LogP) is 0.153. The van der Waals surface area contributed by atoms with Crippen LogP contribution in [0, 0.1) is 0 Å². The Morgan fingerprint density at radius 2 is 2.18 bits per heavy atom. The van der Waals surface area contributed by atoms with Gasteiger partial charge in [-0.25, -0.2) is 0 Å². The van der Waals surface area contributed by atoms with Crippen molar-refractivity contribution < 1.29 is 14.7 Å². The number of carbonyl (C=O) groups excluding carboxylic acids is 1. The van der Waals surface area contributed by atoms with E-state index < -0.39 is 5.97 Å². The van der Waals surface area contributed by atoms with E-state index in [4.69, 9.17) is 5.11 Å². The lowest BCUT2D eigenvalue weighted by Crippen LogP contribution is -2.23. The predicted molar refractivity (Wildman–Crippen MR) is 40.1 cm³/mol. The highest BCUT2D eigenvalue weighted by Gasteiger charge is 1.97. The second-order valence-corrected chi connectivity index (χ2v) is 1.93.